The summed E-state index contributed by atoms with van der Waals surface area (Å²) >= 11 is 1.52. The van der Waals surface area contributed by atoms with E-state index in [0.29, 0.717) is 11.1 Å². The largest absolute Gasteiger partial charge is 0.490 e. The van der Waals surface area contributed by atoms with E-state index in [0.717, 1.165) is 35.4 Å². The quantitative estimate of drug-likeness (QED) is 0.630. The molecule has 0 radical (unpaired) electrons. The van der Waals surface area contributed by atoms with Gasteiger partial charge in [-0.15, -0.1) is 11.3 Å². The van der Waals surface area contributed by atoms with E-state index in [1.54, 1.807) is 12.1 Å². The fourth-order valence-electron chi connectivity index (χ4n) is 3.61. The molecule has 148 valence electrons. The molecule has 0 spiro atoms. The van der Waals surface area contributed by atoms with Gasteiger partial charge in [0, 0.05) is 21.8 Å². The molecule has 0 bridgehead atoms. The summed E-state index contributed by atoms with van der Waals surface area (Å²) in [5.74, 6) is 0.693. The van der Waals surface area contributed by atoms with Crippen molar-refractivity contribution in [2.75, 3.05) is 0 Å². The molecule has 1 N–H and O–H groups in total. The van der Waals surface area contributed by atoms with Crippen LogP contribution >= 0.6 is 11.3 Å². The molecule has 0 aliphatic heterocycles. The number of aromatic nitrogens is 1. The molecule has 0 unspecified atom stereocenters. The first-order valence-electron chi connectivity index (χ1n) is 9.46. The SMILES string of the molecule is Cc1csc(C2(NS(=O)(=O)c3ccc(OC(C)C)c4ccccc34)CCC2)n1. The van der Waals surface area contributed by atoms with Gasteiger partial charge in [0.25, 0.3) is 0 Å². The average molecular weight is 417 g/mol. The fraction of sp³-hybridized carbons (Fsp3) is 0.381. The van der Waals surface area contributed by atoms with Gasteiger partial charge < -0.3 is 4.74 Å². The van der Waals surface area contributed by atoms with Crippen LogP contribution in [0.4, 0.5) is 0 Å². The predicted molar refractivity (Wildman–Crippen MR) is 112 cm³/mol. The van der Waals surface area contributed by atoms with E-state index in [2.05, 4.69) is 9.71 Å². The zero-order chi connectivity index (χ0) is 19.9. The first kappa shape index (κ1) is 19.4. The van der Waals surface area contributed by atoms with Gasteiger partial charge in [0.2, 0.25) is 10.0 Å². The molecular formula is C21H24N2O3S2. The minimum atomic E-state index is -3.73. The first-order valence-corrected chi connectivity index (χ1v) is 11.8. The smallest absolute Gasteiger partial charge is 0.242 e. The number of nitrogens with one attached hydrogen (secondary N) is 1. The second kappa shape index (κ2) is 7.13. The van der Waals surface area contributed by atoms with Crippen LogP contribution in [0, 0.1) is 6.92 Å². The Kier molecular flexibility index (Phi) is 4.93. The number of rotatable bonds is 6. The Morgan fingerprint density at radius 1 is 1.14 bits per heavy atom. The molecule has 1 aliphatic carbocycles. The van der Waals surface area contributed by atoms with Crippen molar-refractivity contribution in [2.24, 2.45) is 0 Å². The molecule has 1 aliphatic rings. The van der Waals surface area contributed by atoms with Crippen molar-refractivity contribution >= 4 is 32.1 Å². The number of benzene rings is 2. The van der Waals surface area contributed by atoms with Crippen molar-refractivity contribution in [3.63, 3.8) is 0 Å². The normalized spacial score (nSPS) is 16.3. The van der Waals surface area contributed by atoms with Gasteiger partial charge in [-0.1, -0.05) is 24.3 Å². The molecule has 7 heteroatoms. The van der Waals surface area contributed by atoms with Crippen LogP contribution in [-0.4, -0.2) is 19.5 Å². The van der Waals surface area contributed by atoms with Crippen molar-refractivity contribution < 1.29 is 13.2 Å². The van der Waals surface area contributed by atoms with E-state index in [4.69, 9.17) is 4.74 Å². The van der Waals surface area contributed by atoms with Crippen LogP contribution in [0.2, 0.25) is 0 Å². The topological polar surface area (TPSA) is 68.3 Å². The second-order valence-electron chi connectivity index (χ2n) is 7.61. The van der Waals surface area contributed by atoms with Crippen LogP contribution in [0.1, 0.15) is 43.8 Å². The number of hydrogen-bond acceptors (Lipinski definition) is 5. The maximum atomic E-state index is 13.4. The molecule has 0 amide bonds. The Hall–Kier alpha value is -1.96. The number of fused-ring (bicyclic) bond motifs is 1. The van der Waals surface area contributed by atoms with Gasteiger partial charge in [-0.25, -0.2) is 13.4 Å². The second-order valence-corrected chi connectivity index (χ2v) is 10.1. The third-order valence-electron chi connectivity index (χ3n) is 5.06. The van der Waals surface area contributed by atoms with Gasteiger partial charge >= 0.3 is 0 Å². The number of thiazole rings is 1. The Labute approximate surface area is 169 Å². The summed E-state index contributed by atoms with van der Waals surface area (Å²) in [4.78, 5) is 4.84. The lowest BCUT2D eigenvalue weighted by molar-refractivity contribution is 0.223. The minimum absolute atomic E-state index is 0.00961. The van der Waals surface area contributed by atoms with Gasteiger partial charge in [-0.05, 0) is 52.2 Å². The van der Waals surface area contributed by atoms with Crippen LogP contribution < -0.4 is 9.46 Å². The summed E-state index contributed by atoms with van der Waals surface area (Å²) in [6.45, 7) is 5.84. The lowest BCUT2D eigenvalue weighted by Gasteiger charge is -2.40. The number of nitrogens with zero attached hydrogens (tertiary/aromatic N) is 1. The molecule has 1 heterocycles. The molecule has 0 atom stereocenters. The van der Waals surface area contributed by atoms with Crippen LogP contribution in [0.3, 0.4) is 0 Å². The summed E-state index contributed by atoms with van der Waals surface area (Å²) in [7, 11) is -3.73. The van der Waals surface area contributed by atoms with Crippen LogP contribution in [0.15, 0.2) is 46.7 Å². The van der Waals surface area contributed by atoms with E-state index in [1.807, 2.05) is 50.4 Å². The highest BCUT2D eigenvalue weighted by atomic mass is 32.2. The maximum Gasteiger partial charge on any atom is 0.242 e. The monoisotopic (exact) mass is 416 g/mol. The number of ether oxygens (including phenoxy) is 1. The highest BCUT2D eigenvalue weighted by Crippen LogP contribution is 2.44. The Bertz CT molecular complexity index is 1120. The lowest BCUT2D eigenvalue weighted by atomic mass is 9.78. The van der Waals surface area contributed by atoms with Crippen LogP contribution in [0.25, 0.3) is 10.8 Å². The molecule has 3 aromatic rings. The van der Waals surface area contributed by atoms with E-state index in [-0.39, 0.29) is 11.0 Å². The van der Waals surface area contributed by atoms with E-state index < -0.39 is 15.6 Å². The molecule has 1 saturated carbocycles. The van der Waals surface area contributed by atoms with E-state index in [1.165, 1.54) is 11.3 Å². The number of aryl methyl sites for hydroxylation is 1. The molecule has 1 fully saturated rings. The third kappa shape index (κ3) is 3.43. The molecule has 4 rings (SSSR count). The summed E-state index contributed by atoms with van der Waals surface area (Å²) in [6.07, 6.45) is 2.54. The van der Waals surface area contributed by atoms with Crippen molar-refractivity contribution in [3.05, 3.63) is 52.5 Å². The number of hydrogen-bond donors (Lipinski definition) is 1. The Morgan fingerprint density at radius 3 is 2.43 bits per heavy atom. The van der Waals surface area contributed by atoms with Gasteiger partial charge in [-0.3, -0.25) is 0 Å². The lowest BCUT2D eigenvalue weighted by Crippen LogP contribution is -2.50. The first-order chi connectivity index (χ1) is 13.3. The highest BCUT2D eigenvalue weighted by molar-refractivity contribution is 7.89. The van der Waals surface area contributed by atoms with Gasteiger partial charge in [-0.2, -0.15) is 4.72 Å². The summed E-state index contributed by atoms with van der Waals surface area (Å²) < 4.78 is 35.6. The molecule has 1 aromatic heterocycles. The average Bonchev–Trinajstić information content (AvgIpc) is 3.04. The van der Waals surface area contributed by atoms with Crippen molar-refractivity contribution in [1.82, 2.24) is 9.71 Å². The Balaban J connectivity index is 1.77. The van der Waals surface area contributed by atoms with Crippen molar-refractivity contribution in [1.29, 1.82) is 0 Å². The summed E-state index contributed by atoms with van der Waals surface area (Å²) in [6, 6.07) is 10.9. The van der Waals surface area contributed by atoms with E-state index in [9.17, 15) is 8.42 Å². The van der Waals surface area contributed by atoms with Crippen molar-refractivity contribution in [2.45, 2.75) is 56.6 Å². The highest BCUT2D eigenvalue weighted by Gasteiger charge is 2.45. The Morgan fingerprint density at radius 2 is 1.86 bits per heavy atom. The molecule has 5 nitrogen and oxygen atoms in total. The fourth-order valence-corrected chi connectivity index (χ4v) is 6.33. The molecule has 0 saturated heterocycles. The van der Waals surface area contributed by atoms with Crippen molar-refractivity contribution in [3.8, 4) is 5.75 Å². The molecule has 28 heavy (non-hydrogen) atoms. The summed E-state index contributed by atoms with van der Waals surface area (Å²) in [5.41, 5.74) is 0.331. The molecule has 2 aromatic carbocycles. The summed E-state index contributed by atoms with van der Waals surface area (Å²) in [5, 5.41) is 4.28. The van der Waals surface area contributed by atoms with Gasteiger partial charge in [0.1, 0.15) is 10.8 Å². The van der Waals surface area contributed by atoms with Gasteiger partial charge in [0.15, 0.2) is 0 Å². The van der Waals surface area contributed by atoms with Crippen LogP contribution in [0.5, 0.6) is 5.75 Å². The third-order valence-corrected chi connectivity index (χ3v) is 7.82. The zero-order valence-corrected chi connectivity index (χ0v) is 17.9. The molecular weight excluding hydrogens is 392 g/mol. The minimum Gasteiger partial charge on any atom is -0.490 e. The number of sulfonamides is 1. The van der Waals surface area contributed by atoms with E-state index >= 15 is 0 Å². The standard InChI is InChI=1S/C21H24N2O3S2/c1-14(2)26-18-9-10-19(17-8-5-4-7-16(17)18)28(24,25)23-21(11-6-12-21)20-22-15(3)13-27-20/h4-5,7-10,13-14,23H,6,11-12H2,1-3H3. The van der Waals surface area contributed by atoms with Crippen LogP contribution in [-0.2, 0) is 15.6 Å². The zero-order valence-electron chi connectivity index (χ0n) is 16.2. The maximum absolute atomic E-state index is 13.4. The predicted octanol–water partition coefficient (Wildman–Crippen LogP) is 4.75. The van der Waals surface area contributed by atoms with Gasteiger partial charge in [0.05, 0.1) is 16.5 Å².